The number of carbonyl (C=O) groups is 2. The number of carbonyl (C=O) groups excluding carboxylic acids is 2. The number of halogens is 3. The van der Waals surface area contributed by atoms with Crippen LogP contribution in [0, 0.1) is 0 Å². The summed E-state index contributed by atoms with van der Waals surface area (Å²) in [6.45, 7) is 2.66. The Labute approximate surface area is 239 Å². The molecular weight excluding hydrogens is 597 g/mol. The summed E-state index contributed by atoms with van der Waals surface area (Å²) >= 11 is 15.7. The van der Waals surface area contributed by atoms with Gasteiger partial charge in [-0.3, -0.25) is 9.59 Å². The number of nitrogens with zero attached hydrogens (tertiary/aromatic N) is 1. The maximum atomic E-state index is 12.2. The maximum Gasteiger partial charge on any atom is 0.251 e. The zero-order valence-electron chi connectivity index (χ0n) is 20.7. The lowest BCUT2D eigenvalue weighted by Crippen LogP contribution is -2.29. The van der Waals surface area contributed by atoms with E-state index in [1.165, 1.54) is 6.21 Å². The van der Waals surface area contributed by atoms with Crippen LogP contribution in [0.1, 0.15) is 34.8 Å². The Balaban J connectivity index is 1.53. The molecule has 0 aliphatic rings. The smallest absolute Gasteiger partial charge is 0.251 e. The van der Waals surface area contributed by atoms with Crippen LogP contribution in [0.5, 0.6) is 17.2 Å². The molecule has 0 aliphatic carbocycles. The van der Waals surface area contributed by atoms with Crippen LogP contribution in [0.25, 0.3) is 0 Å². The van der Waals surface area contributed by atoms with Crippen LogP contribution in [-0.4, -0.2) is 38.3 Å². The van der Waals surface area contributed by atoms with E-state index < -0.39 is 0 Å². The van der Waals surface area contributed by atoms with Crippen LogP contribution in [0.3, 0.4) is 0 Å². The van der Waals surface area contributed by atoms with E-state index in [0.29, 0.717) is 49.5 Å². The summed E-state index contributed by atoms with van der Waals surface area (Å²) in [6, 6.07) is 15.4. The summed E-state index contributed by atoms with van der Waals surface area (Å²) in [6.07, 6.45) is 1.55. The summed E-state index contributed by atoms with van der Waals surface area (Å²) < 4.78 is 17.4. The van der Waals surface area contributed by atoms with E-state index in [1.54, 1.807) is 61.7 Å². The van der Waals surface area contributed by atoms with Crippen molar-refractivity contribution in [3.63, 3.8) is 0 Å². The van der Waals surface area contributed by atoms with Crippen molar-refractivity contribution in [2.75, 3.05) is 20.3 Å². The molecule has 3 aromatic carbocycles. The van der Waals surface area contributed by atoms with Gasteiger partial charge in [0.25, 0.3) is 5.91 Å². The van der Waals surface area contributed by atoms with Gasteiger partial charge in [-0.1, -0.05) is 29.3 Å². The molecule has 3 aromatic rings. The molecule has 2 amide bonds. The lowest BCUT2D eigenvalue weighted by molar-refractivity contribution is -0.120. The molecule has 2 N–H and O–H groups in total. The molecule has 38 heavy (non-hydrogen) atoms. The average molecular weight is 623 g/mol. The molecule has 0 aromatic heterocycles. The number of benzene rings is 3. The van der Waals surface area contributed by atoms with Gasteiger partial charge in [-0.15, -0.1) is 0 Å². The highest BCUT2D eigenvalue weighted by Crippen LogP contribution is 2.37. The maximum absolute atomic E-state index is 12.2. The Hall–Kier alpha value is -3.27. The highest BCUT2D eigenvalue weighted by Gasteiger charge is 2.13. The van der Waals surface area contributed by atoms with Gasteiger partial charge in [-0.2, -0.15) is 5.10 Å². The number of hydrogen-bond donors (Lipinski definition) is 2. The molecule has 8 nitrogen and oxygen atoms in total. The van der Waals surface area contributed by atoms with Crippen molar-refractivity contribution >= 4 is 57.2 Å². The van der Waals surface area contributed by atoms with Crippen molar-refractivity contribution in [1.82, 2.24) is 10.7 Å². The lowest BCUT2D eigenvalue weighted by Gasteiger charge is -2.15. The molecule has 0 atom stereocenters. The van der Waals surface area contributed by atoms with Gasteiger partial charge < -0.3 is 19.5 Å². The van der Waals surface area contributed by atoms with Crippen LogP contribution in [0.15, 0.2) is 64.2 Å². The predicted octanol–water partition coefficient (Wildman–Crippen LogP) is 6.01. The van der Waals surface area contributed by atoms with Crippen LogP contribution in [0.2, 0.25) is 10.0 Å². The zero-order chi connectivity index (χ0) is 27.5. The third kappa shape index (κ3) is 8.65. The fourth-order valence-electron chi connectivity index (χ4n) is 3.22. The van der Waals surface area contributed by atoms with E-state index in [9.17, 15) is 9.59 Å². The van der Waals surface area contributed by atoms with Crippen LogP contribution in [-0.2, 0) is 11.4 Å². The topological polar surface area (TPSA) is 98.2 Å². The normalized spacial score (nSPS) is 10.8. The predicted molar refractivity (Wildman–Crippen MR) is 152 cm³/mol. The average Bonchev–Trinajstić information content (AvgIpc) is 2.89. The summed E-state index contributed by atoms with van der Waals surface area (Å²) in [5.74, 6) is 1.04. The molecule has 0 unspecified atom stereocenters. The molecule has 11 heteroatoms. The first-order valence-electron chi connectivity index (χ1n) is 11.6. The molecule has 0 heterocycles. The second-order valence-electron chi connectivity index (χ2n) is 7.81. The van der Waals surface area contributed by atoms with Gasteiger partial charge in [-0.05, 0) is 76.9 Å². The van der Waals surface area contributed by atoms with Gasteiger partial charge in [0.15, 0.2) is 11.5 Å². The molecule has 0 saturated carbocycles. The third-order valence-corrected chi connectivity index (χ3v) is 6.29. The van der Waals surface area contributed by atoms with Crippen molar-refractivity contribution in [2.45, 2.75) is 20.0 Å². The molecular formula is C27H26BrCl2N3O5. The molecule has 0 spiro atoms. The van der Waals surface area contributed by atoms with Crippen molar-refractivity contribution in [3.05, 3.63) is 85.8 Å². The Bertz CT molecular complexity index is 1300. The van der Waals surface area contributed by atoms with E-state index in [2.05, 4.69) is 31.8 Å². The first-order chi connectivity index (χ1) is 18.3. The van der Waals surface area contributed by atoms with Gasteiger partial charge in [0, 0.05) is 34.1 Å². The fraction of sp³-hybridized carbons (Fsp3) is 0.222. The minimum atomic E-state index is -0.347. The molecule has 200 valence electrons. The van der Waals surface area contributed by atoms with Crippen molar-refractivity contribution < 1.29 is 23.8 Å². The Morgan fingerprint density at radius 3 is 2.50 bits per heavy atom. The fourth-order valence-corrected chi connectivity index (χ4v) is 4.26. The minimum Gasteiger partial charge on any atom is -0.497 e. The van der Waals surface area contributed by atoms with Crippen LogP contribution in [0.4, 0.5) is 0 Å². The quantitative estimate of drug-likeness (QED) is 0.190. The second-order valence-corrected chi connectivity index (χ2v) is 9.51. The molecule has 0 saturated heterocycles. The second kappa shape index (κ2) is 14.6. The summed E-state index contributed by atoms with van der Waals surface area (Å²) in [7, 11) is 1.55. The van der Waals surface area contributed by atoms with E-state index >= 15 is 0 Å². The molecule has 0 radical (unpaired) electrons. The standard InChI is InChI=1S/C27H26BrCl2N3O5/c1-3-37-24-13-17(12-22(28)26(24)38-16-19-4-7-20(29)14-23(19)30)15-32-33-25(34)10-11-31-27(35)18-5-8-21(36-2)9-6-18/h4-9,12-15H,3,10-11,16H2,1-2H3,(H,31,35)(H,33,34). The third-order valence-electron chi connectivity index (χ3n) is 5.11. The van der Waals surface area contributed by atoms with E-state index in [-0.39, 0.29) is 31.4 Å². The number of nitrogens with one attached hydrogen (secondary N) is 2. The molecule has 0 fully saturated rings. The Morgan fingerprint density at radius 2 is 1.82 bits per heavy atom. The number of ether oxygens (including phenoxy) is 3. The van der Waals surface area contributed by atoms with E-state index in [4.69, 9.17) is 37.4 Å². The Morgan fingerprint density at radius 1 is 1.05 bits per heavy atom. The van der Waals surface area contributed by atoms with Gasteiger partial charge >= 0.3 is 0 Å². The SMILES string of the molecule is CCOc1cc(C=NNC(=O)CCNC(=O)c2ccc(OC)cc2)cc(Br)c1OCc1ccc(Cl)cc1Cl. The first kappa shape index (κ1) is 29.3. The molecule has 0 bridgehead atoms. The highest BCUT2D eigenvalue weighted by atomic mass is 79.9. The van der Waals surface area contributed by atoms with Gasteiger partial charge in [-0.25, -0.2) is 5.43 Å². The largest absolute Gasteiger partial charge is 0.497 e. The molecule has 0 aliphatic heterocycles. The number of amides is 2. The van der Waals surface area contributed by atoms with E-state index in [0.717, 1.165) is 5.56 Å². The minimum absolute atomic E-state index is 0.0627. The van der Waals surface area contributed by atoms with Crippen molar-refractivity contribution in [2.24, 2.45) is 5.10 Å². The van der Waals surface area contributed by atoms with Gasteiger partial charge in [0.05, 0.1) is 24.4 Å². The number of rotatable bonds is 12. The van der Waals surface area contributed by atoms with Gasteiger partial charge in [0.1, 0.15) is 12.4 Å². The Kier molecular flexibility index (Phi) is 11.3. The highest BCUT2D eigenvalue weighted by molar-refractivity contribution is 9.10. The summed E-state index contributed by atoms with van der Waals surface area (Å²) in [5, 5.41) is 7.75. The zero-order valence-corrected chi connectivity index (χ0v) is 23.8. The lowest BCUT2D eigenvalue weighted by atomic mass is 10.2. The summed E-state index contributed by atoms with van der Waals surface area (Å²) in [5.41, 5.74) is 4.38. The van der Waals surface area contributed by atoms with Crippen molar-refractivity contribution in [1.29, 1.82) is 0 Å². The number of methoxy groups -OCH3 is 1. The van der Waals surface area contributed by atoms with Crippen molar-refractivity contribution in [3.8, 4) is 17.2 Å². The van der Waals surface area contributed by atoms with Crippen LogP contribution < -0.4 is 25.0 Å². The number of hydrazone groups is 1. The van der Waals surface area contributed by atoms with Gasteiger partial charge in [0.2, 0.25) is 5.91 Å². The molecule has 3 rings (SSSR count). The summed E-state index contributed by atoms with van der Waals surface area (Å²) in [4.78, 5) is 24.3. The number of hydrogen-bond acceptors (Lipinski definition) is 6. The van der Waals surface area contributed by atoms with Crippen LogP contribution >= 0.6 is 39.1 Å². The monoisotopic (exact) mass is 621 g/mol. The first-order valence-corrected chi connectivity index (χ1v) is 13.1. The van der Waals surface area contributed by atoms with E-state index in [1.807, 2.05) is 6.92 Å².